The molecule has 1 aliphatic heterocycles. The van der Waals surface area contributed by atoms with E-state index in [0.29, 0.717) is 6.42 Å². The average Bonchev–Trinajstić information content (AvgIpc) is 2.92. The molecule has 1 rings (SSSR count). The highest BCUT2D eigenvalue weighted by Gasteiger charge is 2.44. The van der Waals surface area contributed by atoms with Crippen LogP contribution in [0.2, 0.25) is 0 Å². The molecule has 9 atom stereocenters. The highest BCUT2D eigenvalue weighted by molar-refractivity contribution is 4.89. The highest BCUT2D eigenvalue weighted by Crippen LogP contribution is 2.24. The predicted molar refractivity (Wildman–Crippen MR) is 153 cm³/mol. The number of aliphatic hydroxyl groups excluding tert-OH is 6. The van der Waals surface area contributed by atoms with E-state index in [4.69, 9.17) is 15.2 Å². The molecule has 0 aromatic rings. The Morgan fingerprint density at radius 2 is 1.00 bits per heavy atom. The van der Waals surface area contributed by atoms with Gasteiger partial charge in [0.25, 0.3) is 0 Å². The van der Waals surface area contributed by atoms with Gasteiger partial charge in [-0.3, -0.25) is 0 Å². The molecule has 1 saturated heterocycles. The standard InChI is InChI=1S/C30H61NO8/c1-22(31)24(33)19-17-15-13-11-9-7-5-3-4-6-8-10-12-14-16-18-20-25(34)23(2)38-30-29(37)28(36)27(35)26(21-32)39-30/h22-30,32-37H,3-21,31H2,1-2H3. The second-order valence-corrected chi connectivity index (χ2v) is 11.8. The number of hydrogen-bond donors (Lipinski definition) is 7. The van der Waals surface area contributed by atoms with Crippen molar-refractivity contribution in [3.8, 4) is 0 Å². The minimum Gasteiger partial charge on any atom is -0.394 e. The van der Waals surface area contributed by atoms with Gasteiger partial charge in [-0.15, -0.1) is 0 Å². The first-order valence-corrected chi connectivity index (χ1v) is 15.8. The summed E-state index contributed by atoms with van der Waals surface area (Å²) >= 11 is 0. The van der Waals surface area contributed by atoms with Crippen molar-refractivity contribution in [3.63, 3.8) is 0 Å². The maximum absolute atomic E-state index is 10.4. The van der Waals surface area contributed by atoms with Gasteiger partial charge < -0.3 is 45.8 Å². The Labute approximate surface area is 237 Å². The van der Waals surface area contributed by atoms with Crippen molar-refractivity contribution in [1.82, 2.24) is 0 Å². The van der Waals surface area contributed by atoms with Crippen LogP contribution in [0.3, 0.4) is 0 Å². The fraction of sp³-hybridized carbons (Fsp3) is 1.00. The van der Waals surface area contributed by atoms with Crippen LogP contribution in [0.15, 0.2) is 0 Å². The SMILES string of the molecule is CC(N)C(O)CCCCCCCCCCCCCCCCCCC(O)C(C)OC1OC(CO)C(O)C(O)C1O. The Balaban J connectivity index is 1.90. The fourth-order valence-electron chi connectivity index (χ4n) is 5.16. The molecule has 0 bridgehead atoms. The molecule has 1 heterocycles. The van der Waals surface area contributed by atoms with Gasteiger partial charge in [0.15, 0.2) is 6.29 Å². The van der Waals surface area contributed by atoms with E-state index < -0.39 is 49.5 Å². The van der Waals surface area contributed by atoms with Crippen molar-refractivity contribution in [2.45, 2.75) is 184 Å². The number of nitrogens with two attached hydrogens (primary N) is 1. The van der Waals surface area contributed by atoms with Gasteiger partial charge in [-0.25, -0.2) is 0 Å². The molecule has 0 radical (unpaired) electrons. The zero-order valence-electron chi connectivity index (χ0n) is 24.7. The van der Waals surface area contributed by atoms with Crippen LogP contribution in [0.5, 0.6) is 0 Å². The smallest absolute Gasteiger partial charge is 0.187 e. The van der Waals surface area contributed by atoms with Crippen LogP contribution in [-0.2, 0) is 9.47 Å². The molecule has 8 N–H and O–H groups in total. The Morgan fingerprint density at radius 3 is 1.38 bits per heavy atom. The summed E-state index contributed by atoms with van der Waals surface area (Å²) in [6.45, 7) is 3.04. The zero-order valence-corrected chi connectivity index (χ0v) is 24.7. The van der Waals surface area contributed by atoms with Crippen molar-refractivity contribution in [2.24, 2.45) is 5.73 Å². The Kier molecular flexibility index (Phi) is 20.9. The predicted octanol–water partition coefficient (Wildman–Crippen LogP) is 3.28. The molecule has 234 valence electrons. The largest absolute Gasteiger partial charge is 0.394 e. The second-order valence-electron chi connectivity index (χ2n) is 11.8. The molecule has 1 fully saturated rings. The summed E-state index contributed by atoms with van der Waals surface area (Å²) in [5.74, 6) is 0. The summed E-state index contributed by atoms with van der Waals surface area (Å²) in [5.41, 5.74) is 5.68. The van der Waals surface area contributed by atoms with E-state index in [1.807, 2.05) is 6.92 Å². The first kappa shape index (κ1) is 36.7. The summed E-state index contributed by atoms with van der Waals surface area (Å²) in [6.07, 6.45) is 12.8. The van der Waals surface area contributed by atoms with E-state index in [1.54, 1.807) is 6.92 Å². The lowest BCUT2D eigenvalue weighted by atomic mass is 9.99. The molecular weight excluding hydrogens is 502 g/mol. The van der Waals surface area contributed by atoms with Crippen LogP contribution in [-0.4, -0.2) is 92.3 Å². The lowest BCUT2D eigenvalue weighted by molar-refractivity contribution is -0.315. The summed E-state index contributed by atoms with van der Waals surface area (Å²) in [5, 5.41) is 59.2. The molecule has 1 aliphatic rings. The third-order valence-corrected chi connectivity index (χ3v) is 8.10. The maximum Gasteiger partial charge on any atom is 0.187 e. The minimum atomic E-state index is -1.48. The summed E-state index contributed by atoms with van der Waals surface area (Å²) in [6, 6.07) is -0.120. The van der Waals surface area contributed by atoms with Crippen LogP contribution in [0, 0.1) is 0 Å². The van der Waals surface area contributed by atoms with E-state index in [0.717, 1.165) is 32.1 Å². The molecule has 0 spiro atoms. The topological polar surface area (TPSA) is 166 Å². The summed E-state index contributed by atoms with van der Waals surface area (Å²) in [4.78, 5) is 0. The normalized spacial score (nSPS) is 26.8. The fourth-order valence-corrected chi connectivity index (χ4v) is 5.16. The lowest BCUT2D eigenvalue weighted by Crippen LogP contribution is -2.60. The molecule has 0 aromatic heterocycles. The van der Waals surface area contributed by atoms with Crippen molar-refractivity contribution in [3.05, 3.63) is 0 Å². The Bertz CT molecular complexity index is 567. The van der Waals surface area contributed by atoms with Gasteiger partial charge in [-0.2, -0.15) is 0 Å². The summed E-state index contributed by atoms with van der Waals surface area (Å²) < 4.78 is 10.9. The monoisotopic (exact) mass is 563 g/mol. The van der Waals surface area contributed by atoms with E-state index >= 15 is 0 Å². The lowest BCUT2D eigenvalue weighted by Gasteiger charge is -2.41. The third-order valence-electron chi connectivity index (χ3n) is 8.10. The first-order chi connectivity index (χ1) is 18.7. The zero-order chi connectivity index (χ0) is 29.0. The van der Waals surface area contributed by atoms with Gasteiger partial charge in [0.1, 0.15) is 24.4 Å². The quantitative estimate of drug-likeness (QED) is 0.0872. The van der Waals surface area contributed by atoms with Crippen LogP contribution >= 0.6 is 0 Å². The third kappa shape index (κ3) is 16.0. The van der Waals surface area contributed by atoms with E-state index in [9.17, 15) is 30.6 Å². The van der Waals surface area contributed by atoms with Crippen LogP contribution in [0.25, 0.3) is 0 Å². The number of rotatable bonds is 24. The van der Waals surface area contributed by atoms with Gasteiger partial charge in [0, 0.05) is 6.04 Å². The molecule has 9 nitrogen and oxygen atoms in total. The van der Waals surface area contributed by atoms with Crippen LogP contribution in [0.1, 0.15) is 129 Å². The molecular formula is C30H61NO8. The van der Waals surface area contributed by atoms with Gasteiger partial charge in [-0.05, 0) is 26.7 Å². The molecule has 0 aliphatic carbocycles. The maximum atomic E-state index is 10.4. The average molecular weight is 564 g/mol. The second kappa shape index (κ2) is 22.3. The molecule has 0 saturated carbocycles. The number of hydrogen-bond acceptors (Lipinski definition) is 9. The number of aliphatic hydroxyl groups is 6. The molecule has 39 heavy (non-hydrogen) atoms. The van der Waals surface area contributed by atoms with Gasteiger partial charge in [0.05, 0.1) is 24.9 Å². The number of ether oxygens (including phenoxy) is 2. The van der Waals surface area contributed by atoms with Crippen molar-refractivity contribution in [1.29, 1.82) is 0 Å². The van der Waals surface area contributed by atoms with Crippen molar-refractivity contribution < 1.29 is 40.1 Å². The van der Waals surface area contributed by atoms with Crippen LogP contribution in [0.4, 0.5) is 0 Å². The molecule has 0 aromatic carbocycles. The Hall–Kier alpha value is -0.360. The van der Waals surface area contributed by atoms with Crippen molar-refractivity contribution >= 4 is 0 Å². The highest BCUT2D eigenvalue weighted by atomic mass is 16.7. The Morgan fingerprint density at radius 1 is 0.615 bits per heavy atom. The van der Waals surface area contributed by atoms with E-state index in [1.165, 1.54) is 77.0 Å². The number of unbranched alkanes of at least 4 members (excludes halogenated alkanes) is 15. The van der Waals surface area contributed by atoms with Gasteiger partial charge in [0.2, 0.25) is 0 Å². The molecule has 0 amide bonds. The van der Waals surface area contributed by atoms with Crippen molar-refractivity contribution in [2.75, 3.05) is 6.61 Å². The minimum absolute atomic E-state index is 0.120. The van der Waals surface area contributed by atoms with E-state index in [-0.39, 0.29) is 12.1 Å². The summed E-state index contributed by atoms with van der Waals surface area (Å²) in [7, 11) is 0. The van der Waals surface area contributed by atoms with Gasteiger partial charge >= 0.3 is 0 Å². The van der Waals surface area contributed by atoms with Gasteiger partial charge in [-0.1, -0.05) is 103 Å². The molecule has 9 unspecified atom stereocenters. The molecule has 9 heteroatoms. The van der Waals surface area contributed by atoms with Crippen LogP contribution < -0.4 is 5.73 Å². The first-order valence-electron chi connectivity index (χ1n) is 15.8. The van der Waals surface area contributed by atoms with E-state index in [2.05, 4.69) is 0 Å².